The van der Waals surface area contributed by atoms with E-state index in [1.807, 2.05) is 0 Å². The molecule has 2 aromatic rings. The summed E-state index contributed by atoms with van der Waals surface area (Å²) < 4.78 is 17.8. The van der Waals surface area contributed by atoms with E-state index in [1.54, 1.807) is 6.92 Å². The van der Waals surface area contributed by atoms with E-state index in [-0.39, 0.29) is 11.3 Å². The van der Waals surface area contributed by atoms with Gasteiger partial charge in [0.1, 0.15) is 11.4 Å². The molecular weight excluding hydrogens is 187 g/mol. The molecule has 2 rings (SSSR count). The molecule has 1 aromatic carbocycles. The van der Waals surface area contributed by atoms with E-state index < -0.39 is 11.8 Å². The Bertz CT molecular complexity index is 513. The number of carboxylic acids is 1. The van der Waals surface area contributed by atoms with Crippen molar-refractivity contribution in [1.29, 1.82) is 0 Å². The van der Waals surface area contributed by atoms with Crippen molar-refractivity contribution in [3.05, 3.63) is 35.3 Å². The first-order chi connectivity index (χ1) is 6.59. The van der Waals surface area contributed by atoms with E-state index >= 15 is 0 Å². The molecule has 1 aromatic heterocycles. The van der Waals surface area contributed by atoms with Crippen LogP contribution in [0.2, 0.25) is 0 Å². The van der Waals surface area contributed by atoms with Gasteiger partial charge in [-0.1, -0.05) is 0 Å². The Hall–Kier alpha value is -1.84. The minimum Gasteiger partial charge on any atom is -0.475 e. The second-order valence-electron chi connectivity index (χ2n) is 3.00. The van der Waals surface area contributed by atoms with Crippen LogP contribution >= 0.6 is 0 Å². The van der Waals surface area contributed by atoms with Gasteiger partial charge in [0.2, 0.25) is 5.76 Å². The number of carbonyl (C=O) groups is 1. The Morgan fingerprint density at radius 3 is 2.86 bits per heavy atom. The SMILES string of the molecule is Cc1c(C(=O)O)oc2cc(F)ccc12. The molecule has 4 heteroatoms. The Morgan fingerprint density at radius 2 is 2.21 bits per heavy atom. The number of rotatable bonds is 1. The standard InChI is InChI=1S/C10H7FO3/c1-5-7-3-2-6(11)4-8(7)14-9(5)10(12)13/h2-4H,1H3,(H,12,13). The summed E-state index contributed by atoms with van der Waals surface area (Å²) in [5.41, 5.74) is 0.785. The molecule has 0 unspecified atom stereocenters. The van der Waals surface area contributed by atoms with Gasteiger partial charge < -0.3 is 9.52 Å². The highest BCUT2D eigenvalue weighted by molar-refractivity contribution is 5.94. The number of hydrogen-bond donors (Lipinski definition) is 1. The van der Waals surface area contributed by atoms with Crippen LogP contribution < -0.4 is 0 Å². The molecule has 0 fully saturated rings. The van der Waals surface area contributed by atoms with Crippen LogP contribution in [0.3, 0.4) is 0 Å². The maximum atomic E-state index is 12.8. The van der Waals surface area contributed by atoms with Crippen LogP contribution in [-0.4, -0.2) is 11.1 Å². The van der Waals surface area contributed by atoms with Crippen molar-refractivity contribution >= 4 is 16.9 Å². The van der Waals surface area contributed by atoms with Gasteiger partial charge in [0.25, 0.3) is 0 Å². The minimum atomic E-state index is -1.14. The third kappa shape index (κ3) is 1.16. The zero-order valence-electron chi connectivity index (χ0n) is 7.37. The summed E-state index contributed by atoms with van der Waals surface area (Å²) >= 11 is 0. The van der Waals surface area contributed by atoms with Crippen molar-refractivity contribution < 1.29 is 18.7 Å². The van der Waals surface area contributed by atoms with E-state index in [9.17, 15) is 9.18 Å². The van der Waals surface area contributed by atoms with Gasteiger partial charge in [0.15, 0.2) is 0 Å². The molecule has 1 heterocycles. The highest BCUT2D eigenvalue weighted by Gasteiger charge is 2.16. The fourth-order valence-electron chi connectivity index (χ4n) is 1.40. The Labute approximate surface area is 78.8 Å². The third-order valence-electron chi connectivity index (χ3n) is 2.09. The van der Waals surface area contributed by atoms with Crippen molar-refractivity contribution in [3.63, 3.8) is 0 Å². The number of aryl methyl sites for hydroxylation is 1. The quantitative estimate of drug-likeness (QED) is 0.758. The highest BCUT2D eigenvalue weighted by atomic mass is 19.1. The lowest BCUT2D eigenvalue weighted by Crippen LogP contribution is -1.94. The van der Waals surface area contributed by atoms with Crippen molar-refractivity contribution in [2.45, 2.75) is 6.92 Å². The van der Waals surface area contributed by atoms with Crippen molar-refractivity contribution in [2.24, 2.45) is 0 Å². The molecule has 0 atom stereocenters. The zero-order chi connectivity index (χ0) is 10.3. The highest BCUT2D eigenvalue weighted by Crippen LogP contribution is 2.25. The molecule has 0 aliphatic carbocycles. The van der Waals surface area contributed by atoms with Crippen LogP contribution in [0, 0.1) is 12.7 Å². The van der Waals surface area contributed by atoms with Gasteiger partial charge >= 0.3 is 5.97 Å². The first-order valence-corrected chi connectivity index (χ1v) is 4.01. The van der Waals surface area contributed by atoms with E-state index in [1.165, 1.54) is 18.2 Å². The van der Waals surface area contributed by atoms with Crippen LogP contribution in [0.15, 0.2) is 22.6 Å². The maximum Gasteiger partial charge on any atom is 0.372 e. The summed E-state index contributed by atoms with van der Waals surface area (Å²) in [5, 5.41) is 9.38. The second-order valence-corrected chi connectivity index (χ2v) is 3.00. The number of benzene rings is 1. The molecule has 14 heavy (non-hydrogen) atoms. The Kier molecular flexibility index (Phi) is 1.77. The van der Waals surface area contributed by atoms with Gasteiger partial charge in [-0.05, 0) is 19.1 Å². The summed E-state index contributed by atoms with van der Waals surface area (Å²) in [6, 6.07) is 3.96. The van der Waals surface area contributed by atoms with Crippen LogP contribution in [0.4, 0.5) is 4.39 Å². The molecular formula is C10H7FO3. The average Bonchev–Trinajstić information content (AvgIpc) is 2.43. The molecule has 0 radical (unpaired) electrons. The van der Waals surface area contributed by atoms with Crippen molar-refractivity contribution in [3.8, 4) is 0 Å². The predicted octanol–water partition coefficient (Wildman–Crippen LogP) is 2.58. The molecule has 0 amide bonds. The molecule has 0 saturated heterocycles. The first-order valence-electron chi connectivity index (χ1n) is 4.01. The average molecular weight is 194 g/mol. The van der Waals surface area contributed by atoms with Crippen molar-refractivity contribution in [2.75, 3.05) is 0 Å². The predicted molar refractivity (Wildman–Crippen MR) is 47.9 cm³/mol. The van der Waals surface area contributed by atoms with E-state index in [4.69, 9.17) is 9.52 Å². The minimum absolute atomic E-state index is 0.134. The monoisotopic (exact) mass is 194 g/mol. The van der Waals surface area contributed by atoms with Crippen LogP contribution in [0.1, 0.15) is 16.1 Å². The molecule has 3 nitrogen and oxygen atoms in total. The van der Waals surface area contributed by atoms with Gasteiger partial charge in [-0.3, -0.25) is 0 Å². The maximum absolute atomic E-state index is 12.8. The third-order valence-corrected chi connectivity index (χ3v) is 2.09. The molecule has 0 aliphatic heterocycles. The van der Waals surface area contributed by atoms with Gasteiger partial charge in [0.05, 0.1) is 0 Å². The topological polar surface area (TPSA) is 50.4 Å². The largest absolute Gasteiger partial charge is 0.475 e. The van der Waals surface area contributed by atoms with Crippen LogP contribution in [0.25, 0.3) is 11.0 Å². The Morgan fingerprint density at radius 1 is 1.50 bits per heavy atom. The normalized spacial score (nSPS) is 10.7. The summed E-state index contributed by atoms with van der Waals surface area (Å²) in [4.78, 5) is 10.7. The lowest BCUT2D eigenvalue weighted by Gasteiger charge is -1.88. The number of furan rings is 1. The molecule has 0 bridgehead atoms. The van der Waals surface area contributed by atoms with Crippen LogP contribution in [-0.2, 0) is 0 Å². The molecule has 0 spiro atoms. The molecule has 72 valence electrons. The Balaban J connectivity index is 2.79. The van der Waals surface area contributed by atoms with Gasteiger partial charge in [-0.2, -0.15) is 0 Å². The first kappa shape index (κ1) is 8.74. The second kappa shape index (κ2) is 2.83. The summed E-state index contributed by atoms with van der Waals surface area (Å²) in [5.74, 6) is -1.71. The number of carboxylic acid groups (broad SMARTS) is 1. The lowest BCUT2D eigenvalue weighted by molar-refractivity contribution is 0.0664. The van der Waals surface area contributed by atoms with Gasteiger partial charge in [-0.25, -0.2) is 9.18 Å². The van der Waals surface area contributed by atoms with Gasteiger partial charge in [-0.15, -0.1) is 0 Å². The fourth-order valence-corrected chi connectivity index (χ4v) is 1.40. The molecule has 0 aliphatic rings. The number of halogens is 1. The van der Waals surface area contributed by atoms with E-state index in [0.717, 1.165) is 0 Å². The van der Waals surface area contributed by atoms with Gasteiger partial charge in [0, 0.05) is 17.0 Å². The summed E-state index contributed by atoms with van der Waals surface area (Å²) in [6.07, 6.45) is 0. The number of fused-ring (bicyclic) bond motifs is 1. The summed E-state index contributed by atoms with van der Waals surface area (Å²) in [6.45, 7) is 1.63. The smallest absolute Gasteiger partial charge is 0.372 e. The van der Waals surface area contributed by atoms with Crippen LogP contribution in [0.5, 0.6) is 0 Å². The van der Waals surface area contributed by atoms with E-state index in [2.05, 4.69) is 0 Å². The zero-order valence-corrected chi connectivity index (χ0v) is 7.37. The van der Waals surface area contributed by atoms with Crippen molar-refractivity contribution in [1.82, 2.24) is 0 Å². The number of aromatic carboxylic acids is 1. The lowest BCUT2D eigenvalue weighted by atomic mass is 10.1. The molecule has 1 N–H and O–H groups in total. The summed E-state index contributed by atoms with van der Waals surface area (Å²) in [7, 11) is 0. The number of hydrogen-bond acceptors (Lipinski definition) is 2. The fraction of sp³-hybridized carbons (Fsp3) is 0.100. The molecule has 0 saturated carbocycles. The van der Waals surface area contributed by atoms with E-state index in [0.29, 0.717) is 10.9 Å².